The SMILES string of the molecule is CCOC(=O)c1cc2ccc(OC(=O)COc3ccc(Br)cc3Br)cc2oc1=O. The van der Waals surface area contributed by atoms with Crippen LogP contribution in [0.5, 0.6) is 11.5 Å². The van der Waals surface area contributed by atoms with Crippen LogP contribution < -0.4 is 15.1 Å². The van der Waals surface area contributed by atoms with E-state index >= 15 is 0 Å². The van der Waals surface area contributed by atoms with Gasteiger partial charge in [0.2, 0.25) is 0 Å². The molecule has 9 heteroatoms. The molecule has 2 aromatic carbocycles. The Morgan fingerprint density at radius 3 is 2.59 bits per heavy atom. The molecule has 0 saturated heterocycles. The fourth-order valence-electron chi connectivity index (χ4n) is 2.40. The van der Waals surface area contributed by atoms with Gasteiger partial charge >= 0.3 is 17.6 Å². The second-order valence-electron chi connectivity index (χ2n) is 5.71. The molecule has 0 N–H and O–H groups in total. The summed E-state index contributed by atoms with van der Waals surface area (Å²) in [7, 11) is 0. The lowest BCUT2D eigenvalue weighted by molar-refractivity contribution is -0.136. The molecule has 1 heterocycles. The molecule has 0 unspecified atom stereocenters. The van der Waals surface area contributed by atoms with Crippen molar-refractivity contribution >= 4 is 54.8 Å². The highest BCUT2D eigenvalue weighted by atomic mass is 79.9. The van der Waals surface area contributed by atoms with Crippen molar-refractivity contribution < 1.29 is 28.2 Å². The van der Waals surface area contributed by atoms with Crippen LogP contribution in [0.2, 0.25) is 0 Å². The molecule has 0 atom stereocenters. The highest BCUT2D eigenvalue weighted by molar-refractivity contribution is 9.11. The van der Waals surface area contributed by atoms with Crippen molar-refractivity contribution in [1.82, 2.24) is 0 Å². The summed E-state index contributed by atoms with van der Waals surface area (Å²) in [5, 5.41) is 0.488. The Hall–Kier alpha value is -2.65. The summed E-state index contributed by atoms with van der Waals surface area (Å²) in [5.74, 6) is -0.728. The Kier molecular flexibility index (Phi) is 6.71. The highest BCUT2D eigenvalue weighted by Gasteiger charge is 2.16. The van der Waals surface area contributed by atoms with E-state index in [1.165, 1.54) is 18.2 Å². The van der Waals surface area contributed by atoms with Crippen LogP contribution in [0, 0.1) is 0 Å². The molecule has 0 aliphatic rings. The van der Waals surface area contributed by atoms with Crippen LogP contribution in [0.1, 0.15) is 17.3 Å². The van der Waals surface area contributed by atoms with E-state index in [1.54, 1.807) is 31.2 Å². The molecule has 150 valence electrons. The van der Waals surface area contributed by atoms with Crippen molar-refractivity contribution in [3.05, 3.63) is 67.4 Å². The molecule has 0 radical (unpaired) electrons. The molecule has 0 amide bonds. The Bertz CT molecular complexity index is 1140. The van der Waals surface area contributed by atoms with Gasteiger partial charge in [-0.25, -0.2) is 14.4 Å². The zero-order chi connectivity index (χ0) is 21.0. The van der Waals surface area contributed by atoms with E-state index in [0.29, 0.717) is 15.6 Å². The topological polar surface area (TPSA) is 92.0 Å². The first-order chi connectivity index (χ1) is 13.9. The zero-order valence-corrected chi connectivity index (χ0v) is 18.2. The first-order valence-corrected chi connectivity index (χ1v) is 9.99. The van der Waals surface area contributed by atoms with Gasteiger partial charge in [-0.1, -0.05) is 15.9 Å². The molecule has 7 nitrogen and oxygen atoms in total. The Morgan fingerprint density at radius 1 is 1.07 bits per heavy atom. The minimum absolute atomic E-state index is 0.143. The summed E-state index contributed by atoms with van der Waals surface area (Å²) < 4.78 is 22.2. The molecule has 0 aliphatic heterocycles. The van der Waals surface area contributed by atoms with E-state index in [9.17, 15) is 14.4 Å². The normalized spacial score (nSPS) is 10.6. The predicted octanol–water partition coefficient (Wildman–Crippen LogP) is 4.48. The van der Waals surface area contributed by atoms with E-state index in [2.05, 4.69) is 31.9 Å². The number of halogens is 2. The third-order valence-corrected chi connectivity index (χ3v) is 4.79. The van der Waals surface area contributed by atoms with Crippen LogP contribution >= 0.6 is 31.9 Å². The summed E-state index contributed by atoms with van der Waals surface area (Å²) in [6.07, 6.45) is 0. The maximum Gasteiger partial charge on any atom is 0.351 e. The third kappa shape index (κ3) is 5.24. The number of fused-ring (bicyclic) bond motifs is 1. The monoisotopic (exact) mass is 524 g/mol. The average Bonchev–Trinajstić information content (AvgIpc) is 2.67. The lowest BCUT2D eigenvalue weighted by Gasteiger charge is -2.09. The summed E-state index contributed by atoms with van der Waals surface area (Å²) >= 11 is 6.67. The third-order valence-electron chi connectivity index (χ3n) is 3.67. The highest BCUT2D eigenvalue weighted by Crippen LogP contribution is 2.28. The molecule has 0 bridgehead atoms. The number of carbonyl (C=O) groups is 2. The largest absolute Gasteiger partial charge is 0.481 e. The number of ether oxygens (including phenoxy) is 3. The smallest absolute Gasteiger partial charge is 0.351 e. The molecule has 0 spiro atoms. The summed E-state index contributed by atoms with van der Waals surface area (Å²) in [5.41, 5.74) is -0.856. The fraction of sp³-hybridized carbons (Fsp3) is 0.150. The van der Waals surface area contributed by atoms with Gasteiger partial charge in [0.05, 0.1) is 11.1 Å². The quantitative estimate of drug-likeness (QED) is 0.266. The summed E-state index contributed by atoms with van der Waals surface area (Å²) in [4.78, 5) is 35.8. The number of rotatable bonds is 6. The van der Waals surface area contributed by atoms with Crippen LogP contribution in [0.4, 0.5) is 0 Å². The van der Waals surface area contributed by atoms with Gasteiger partial charge < -0.3 is 18.6 Å². The van der Waals surface area contributed by atoms with Crippen LogP contribution in [0.3, 0.4) is 0 Å². The maximum atomic E-state index is 12.1. The molecule has 29 heavy (non-hydrogen) atoms. The minimum Gasteiger partial charge on any atom is -0.481 e. The van der Waals surface area contributed by atoms with Gasteiger partial charge in [0.15, 0.2) is 6.61 Å². The van der Waals surface area contributed by atoms with Crippen molar-refractivity contribution in [1.29, 1.82) is 0 Å². The van der Waals surface area contributed by atoms with Gasteiger partial charge in [0.1, 0.15) is 22.6 Å². The predicted molar refractivity (Wildman–Crippen MR) is 111 cm³/mol. The minimum atomic E-state index is -0.831. The van der Waals surface area contributed by atoms with Crippen molar-refractivity contribution in [2.45, 2.75) is 6.92 Å². The Morgan fingerprint density at radius 2 is 1.86 bits per heavy atom. The molecule has 0 saturated carbocycles. The van der Waals surface area contributed by atoms with E-state index < -0.39 is 17.6 Å². The van der Waals surface area contributed by atoms with Gasteiger partial charge in [0.25, 0.3) is 0 Å². The van der Waals surface area contributed by atoms with Gasteiger partial charge in [-0.15, -0.1) is 0 Å². The molecule has 3 rings (SSSR count). The second-order valence-corrected chi connectivity index (χ2v) is 7.48. The average molecular weight is 526 g/mol. The lowest BCUT2D eigenvalue weighted by Crippen LogP contribution is -2.18. The van der Waals surface area contributed by atoms with Crippen LogP contribution in [-0.4, -0.2) is 25.2 Å². The first-order valence-electron chi connectivity index (χ1n) is 8.41. The molecular weight excluding hydrogens is 512 g/mol. The zero-order valence-electron chi connectivity index (χ0n) is 15.1. The number of esters is 2. The number of benzene rings is 2. The number of carbonyl (C=O) groups excluding carboxylic acids is 2. The summed E-state index contributed by atoms with van der Waals surface area (Å²) in [6.45, 7) is 1.47. The van der Waals surface area contributed by atoms with E-state index in [4.69, 9.17) is 18.6 Å². The van der Waals surface area contributed by atoms with Crippen LogP contribution in [0.25, 0.3) is 11.0 Å². The van der Waals surface area contributed by atoms with Gasteiger partial charge in [-0.3, -0.25) is 0 Å². The maximum absolute atomic E-state index is 12.1. The van der Waals surface area contributed by atoms with Crippen molar-refractivity contribution in [3.63, 3.8) is 0 Å². The van der Waals surface area contributed by atoms with Gasteiger partial charge in [0, 0.05) is 15.9 Å². The molecule has 0 fully saturated rings. The molecule has 1 aromatic heterocycles. The van der Waals surface area contributed by atoms with Gasteiger partial charge in [-0.2, -0.15) is 0 Å². The van der Waals surface area contributed by atoms with Crippen molar-refractivity contribution in [2.75, 3.05) is 13.2 Å². The first kappa shape index (κ1) is 21.1. The van der Waals surface area contributed by atoms with E-state index in [0.717, 1.165) is 4.47 Å². The number of hydrogen-bond donors (Lipinski definition) is 0. The standard InChI is InChI=1S/C20H14Br2O7/c1-2-26-19(24)14-7-11-3-5-13(9-17(11)29-20(14)25)28-18(23)10-27-16-6-4-12(21)8-15(16)22/h3-9H,2,10H2,1H3. The molecule has 0 aliphatic carbocycles. The fourth-order valence-corrected chi connectivity index (χ4v) is 3.56. The number of hydrogen-bond acceptors (Lipinski definition) is 7. The van der Waals surface area contributed by atoms with Crippen LogP contribution in [-0.2, 0) is 9.53 Å². The lowest BCUT2D eigenvalue weighted by atomic mass is 10.2. The van der Waals surface area contributed by atoms with Crippen LogP contribution in [0.15, 0.2) is 60.6 Å². The van der Waals surface area contributed by atoms with Crippen molar-refractivity contribution in [3.8, 4) is 11.5 Å². The summed E-state index contributed by atoms with van der Waals surface area (Å²) in [6, 6.07) is 11.1. The second kappa shape index (κ2) is 9.23. The van der Waals surface area contributed by atoms with Crippen molar-refractivity contribution in [2.24, 2.45) is 0 Å². The van der Waals surface area contributed by atoms with Gasteiger partial charge in [-0.05, 0) is 59.3 Å². The Balaban J connectivity index is 1.71. The molecular formula is C20H14Br2O7. The van der Waals surface area contributed by atoms with E-state index in [1.807, 2.05) is 0 Å². The molecule has 3 aromatic rings. The Labute approximate surface area is 181 Å². The van der Waals surface area contributed by atoms with E-state index in [-0.39, 0.29) is 30.1 Å².